The number of esters is 1. The van der Waals surface area contributed by atoms with E-state index in [1.54, 1.807) is 52.0 Å². The molecule has 1 aromatic rings. The van der Waals surface area contributed by atoms with Gasteiger partial charge in [-0.3, -0.25) is 14.4 Å². The summed E-state index contributed by atoms with van der Waals surface area (Å²) >= 11 is 0. The molecule has 0 aliphatic rings. The van der Waals surface area contributed by atoms with Crippen LogP contribution in [0.15, 0.2) is 24.3 Å². The Morgan fingerprint density at radius 3 is 2.38 bits per heavy atom. The number of hydrogen-bond donors (Lipinski definition) is 2. The number of nitrogens with one attached hydrogen (secondary N) is 2. The first-order valence-corrected chi connectivity index (χ1v) is 12.8. The molecule has 9 nitrogen and oxygen atoms in total. The standard InChI is InChI=1S/C28H41N3O6/c1-7-10-11-14-19-31(23(32)20-30-27(35)37-28(4,5)6)25(22-16-13-12-15-21(22)8-2)26(34)29-18-17-24(33)36-9-3/h2,12-13,15-16,25H,7,9-11,14,17-20H2,1,3-6H3,(H,29,34)(H,30,35). The highest BCUT2D eigenvalue weighted by atomic mass is 16.6. The van der Waals surface area contributed by atoms with Gasteiger partial charge in [-0.2, -0.15) is 0 Å². The summed E-state index contributed by atoms with van der Waals surface area (Å²) in [4.78, 5) is 52.2. The average Bonchev–Trinajstić information content (AvgIpc) is 2.83. The van der Waals surface area contributed by atoms with Crippen molar-refractivity contribution >= 4 is 23.9 Å². The molecule has 1 atom stereocenters. The molecule has 0 saturated carbocycles. The van der Waals surface area contributed by atoms with E-state index in [-0.39, 0.29) is 32.7 Å². The van der Waals surface area contributed by atoms with Crippen molar-refractivity contribution in [1.82, 2.24) is 15.5 Å². The van der Waals surface area contributed by atoms with Crippen molar-refractivity contribution in [1.29, 1.82) is 0 Å². The van der Waals surface area contributed by atoms with E-state index in [2.05, 4.69) is 23.5 Å². The molecule has 0 spiro atoms. The van der Waals surface area contributed by atoms with Gasteiger partial charge < -0.3 is 25.0 Å². The maximum Gasteiger partial charge on any atom is 0.408 e. The van der Waals surface area contributed by atoms with Gasteiger partial charge >= 0.3 is 12.1 Å². The summed E-state index contributed by atoms with van der Waals surface area (Å²) in [6.07, 6.45) is 8.50. The number of unbranched alkanes of at least 4 members (excludes halogenated alkanes) is 3. The second-order valence-corrected chi connectivity index (χ2v) is 9.48. The SMILES string of the molecule is C#Cc1ccccc1C(C(=O)NCCC(=O)OCC)N(CCCCCC)C(=O)CNC(=O)OC(C)(C)C. The lowest BCUT2D eigenvalue weighted by Gasteiger charge is -2.32. The lowest BCUT2D eigenvalue weighted by molar-refractivity contribution is -0.143. The predicted molar refractivity (Wildman–Crippen MR) is 141 cm³/mol. The summed E-state index contributed by atoms with van der Waals surface area (Å²) in [5.41, 5.74) is 0.235. The van der Waals surface area contributed by atoms with Crippen LogP contribution in [0, 0.1) is 12.3 Å². The van der Waals surface area contributed by atoms with Crippen LogP contribution in [-0.2, 0) is 23.9 Å². The lowest BCUT2D eigenvalue weighted by Crippen LogP contribution is -2.48. The number of carbonyl (C=O) groups is 4. The minimum atomic E-state index is -1.05. The normalized spacial score (nSPS) is 11.6. The number of carbonyl (C=O) groups excluding carboxylic acids is 4. The molecule has 1 unspecified atom stereocenters. The van der Waals surface area contributed by atoms with Crippen LogP contribution in [0.1, 0.15) is 83.9 Å². The van der Waals surface area contributed by atoms with Crippen LogP contribution in [0.2, 0.25) is 0 Å². The van der Waals surface area contributed by atoms with Gasteiger partial charge in [0.25, 0.3) is 0 Å². The summed E-state index contributed by atoms with van der Waals surface area (Å²) in [6, 6.07) is 5.86. The van der Waals surface area contributed by atoms with E-state index in [0.29, 0.717) is 17.5 Å². The Hall–Kier alpha value is -3.54. The van der Waals surface area contributed by atoms with Crippen LogP contribution in [0.5, 0.6) is 0 Å². The van der Waals surface area contributed by atoms with Gasteiger partial charge in [0, 0.05) is 18.7 Å². The molecule has 0 aromatic heterocycles. The molecular weight excluding hydrogens is 474 g/mol. The molecule has 37 heavy (non-hydrogen) atoms. The van der Waals surface area contributed by atoms with Gasteiger partial charge in [0.2, 0.25) is 11.8 Å². The Balaban J connectivity index is 3.24. The first kappa shape index (κ1) is 31.5. The monoisotopic (exact) mass is 515 g/mol. The average molecular weight is 516 g/mol. The van der Waals surface area contributed by atoms with E-state index in [1.165, 1.54) is 4.90 Å². The number of ether oxygens (including phenoxy) is 2. The highest BCUT2D eigenvalue weighted by Gasteiger charge is 2.33. The van der Waals surface area contributed by atoms with E-state index in [0.717, 1.165) is 19.3 Å². The van der Waals surface area contributed by atoms with Gasteiger partial charge in [0.15, 0.2) is 0 Å². The van der Waals surface area contributed by atoms with Crippen LogP contribution in [0.25, 0.3) is 0 Å². The maximum atomic E-state index is 13.5. The highest BCUT2D eigenvalue weighted by Crippen LogP contribution is 2.25. The third kappa shape index (κ3) is 11.8. The molecule has 204 valence electrons. The van der Waals surface area contributed by atoms with E-state index < -0.39 is 35.5 Å². The molecule has 0 saturated heterocycles. The van der Waals surface area contributed by atoms with Gasteiger partial charge in [-0.15, -0.1) is 6.42 Å². The van der Waals surface area contributed by atoms with Crippen LogP contribution >= 0.6 is 0 Å². The van der Waals surface area contributed by atoms with Crippen molar-refractivity contribution in [3.8, 4) is 12.3 Å². The Morgan fingerprint density at radius 2 is 1.76 bits per heavy atom. The van der Waals surface area contributed by atoms with Gasteiger partial charge in [0.1, 0.15) is 18.2 Å². The number of alkyl carbamates (subject to hydrolysis) is 1. The summed E-state index contributed by atoms with van der Waals surface area (Å²) in [7, 11) is 0. The third-order valence-corrected chi connectivity index (χ3v) is 5.26. The Labute approximate surface area is 220 Å². The van der Waals surface area contributed by atoms with Gasteiger partial charge in [-0.05, 0) is 45.7 Å². The van der Waals surface area contributed by atoms with Crippen LogP contribution in [0.4, 0.5) is 4.79 Å². The lowest BCUT2D eigenvalue weighted by atomic mass is 9.97. The number of nitrogens with zero attached hydrogens (tertiary/aromatic N) is 1. The van der Waals surface area contributed by atoms with Crippen LogP contribution in [-0.4, -0.2) is 60.6 Å². The molecule has 3 amide bonds. The van der Waals surface area contributed by atoms with Crippen molar-refractivity contribution < 1.29 is 28.7 Å². The summed E-state index contributed by atoms with van der Waals surface area (Å²) in [5, 5.41) is 5.22. The van der Waals surface area contributed by atoms with Crippen molar-refractivity contribution in [3.05, 3.63) is 35.4 Å². The summed E-state index contributed by atoms with van der Waals surface area (Å²) < 4.78 is 10.2. The number of benzene rings is 1. The Morgan fingerprint density at radius 1 is 1.05 bits per heavy atom. The number of terminal acetylenes is 1. The van der Waals surface area contributed by atoms with Crippen molar-refractivity contribution in [2.24, 2.45) is 0 Å². The zero-order valence-corrected chi connectivity index (χ0v) is 22.7. The fourth-order valence-electron chi connectivity index (χ4n) is 3.61. The second-order valence-electron chi connectivity index (χ2n) is 9.48. The first-order valence-electron chi connectivity index (χ1n) is 12.8. The molecule has 9 heteroatoms. The first-order chi connectivity index (χ1) is 17.5. The topological polar surface area (TPSA) is 114 Å². The Bertz CT molecular complexity index is 948. The molecule has 0 heterocycles. The van der Waals surface area contributed by atoms with Crippen molar-refractivity contribution in [3.63, 3.8) is 0 Å². The Kier molecular flexibility index (Phi) is 13.8. The molecular formula is C28H41N3O6. The molecule has 1 aromatic carbocycles. The number of amides is 3. The highest BCUT2D eigenvalue weighted by molar-refractivity contribution is 5.91. The van der Waals surface area contributed by atoms with E-state index in [1.807, 2.05) is 0 Å². The zero-order valence-electron chi connectivity index (χ0n) is 22.7. The molecule has 0 aliphatic heterocycles. The minimum Gasteiger partial charge on any atom is -0.466 e. The molecule has 0 aliphatic carbocycles. The van der Waals surface area contributed by atoms with Gasteiger partial charge in [0.05, 0.1) is 13.0 Å². The van der Waals surface area contributed by atoms with Gasteiger partial charge in [-0.25, -0.2) is 4.79 Å². The fourth-order valence-corrected chi connectivity index (χ4v) is 3.61. The smallest absolute Gasteiger partial charge is 0.408 e. The molecule has 2 N–H and O–H groups in total. The van der Waals surface area contributed by atoms with E-state index in [9.17, 15) is 19.2 Å². The van der Waals surface area contributed by atoms with Crippen LogP contribution < -0.4 is 10.6 Å². The number of hydrogen-bond acceptors (Lipinski definition) is 6. The molecule has 1 rings (SSSR count). The molecule has 0 fully saturated rings. The largest absolute Gasteiger partial charge is 0.466 e. The molecule has 0 bridgehead atoms. The quantitative estimate of drug-likeness (QED) is 0.222. The van der Waals surface area contributed by atoms with Gasteiger partial charge in [-0.1, -0.05) is 50.3 Å². The second kappa shape index (κ2) is 16.3. The summed E-state index contributed by atoms with van der Waals surface area (Å²) in [6.45, 7) is 9.17. The third-order valence-electron chi connectivity index (χ3n) is 5.26. The van der Waals surface area contributed by atoms with Crippen molar-refractivity contribution in [2.75, 3.05) is 26.2 Å². The minimum absolute atomic E-state index is 0.00622. The number of rotatable bonds is 14. The van der Waals surface area contributed by atoms with E-state index >= 15 is 0 Å². The maximum absolute atomic E-state index is 13.5. The molecule has 0 radical (unpaired) electrons. The van der Waals surface area contributed by atoms with Crippen molar-refractivity contribution in [2.45, 2.75) is 78.4 Å². The fraction of sp³-hybridized carbons (Fsp3) is 0.571. The predicted octanol–water partition coefficient (Wildman–Crippen LogP) is 3.71. The summed E-state index contributed by atoms with van der Waals surface area (Å²) in [5.74, 6) is 1.22. The van der Waals surface area contributed by atoms with E-state index in [4.69, 9.17) is 15.9 Å². The zero-order chi connectivity index (χ0) is 27.8. The van der Waals surface area contributed by atoms with Crippen LogP contribution in [0.3, 0.4) is 0 Å².